The van der Waals surface area contributed by atoms with Crippen LogP contribution in [0.25, 0.3) is 5.65 Å². The highest BCUT2D eigenvalue weighted by atomic mass is 16.5. The van der Waals surface area contributed by atoms with Gasteiger partial charge < -0.3 is 9.64 Å². The molecule has 1 amide bonds. The predicted octanol–water partition coefficient (Wildman–Crippen LogP) is 2.07. The van der Waals surface area contributed by atoms with Gasteiger partial charge in [-0.15, -0.1) is 0 Å². The van der Waals surface area contributed by atoms with Crippen molar-refractivity contribution >= 4 is 11.6 Å². The number of carbonyl (C=O) groups excluding carboxylic acids is 1. The first-order valence-electron chi connectivity index (χ1n) is 12.4. The molecule has 2 aromatic heterocycles. The lowest BCUT2D eigenvalue weighted by atomic mass is 9.83. The molecule has 32 heavy (non-hydrogen) atoms. The normalized spacial score (nSPS) is 25.6. The number of hydrogen-bond donors (Lipinski definition) is 1. The molecule has 0 radical (unpaired) electrons. The van der Waals surface area contributed by atoms with Crippen LogP contribution in [0.15, 0.2) is 10.9 Å². The number of amides is 1. The van der Waals surface area contributed by atoms with Gasteiger partial charge in [-0.3, -0.25) is 19.6 Å². The number of nitrogens with one attached hydrogen (secondary N) is 1. The third-order valence-corrected chi connectivity index (χ3v) is 8.15. The number of nitrogens with zero attached hydrogens (tertiary/aromatic N) is 4. The molecule has 0 aromatic carbocycles. The monoisotopic (exact) mass is 439 g/mol. The Morgan fingerprint density at radius 2 is 1.94 bits per heavy atom. The van der Waals surface area contributed by atoms with Crippen molar-refractivity contribution in [1.82, 2.24) is 24.4 Å². The highest BCUT2D eigenvalue weighted by Gasteiger charge is 2.33. The number of likely N-dealkylation sites (tertiary alicyclic amines) is 1. The molecule has 0 bridgehead atoms. The molecule has 8 nitrogen and oxygen atoms in total. The molecule has 2 saturated heterocycles. The summed E-state index contributed by atoms with van der Waals surface area (Å²) in [5.74, 6) is 0.812. The fraction of sp³-hybridized carbons (Fsp3) is 0.708. The first-order chi connectivity index (χ1) is 15.7. The van der Waals surface area contributed by atoms with Crippen LogP contribution >= 0.6 is 0 Å². The number of hydrogen-bond acceptors (Lipinski definition) is 5. The lowest BCUT2D eigenvalue weighted by Crippen LogP contribution is -2.44. The molecule has 1 aliphatic carbocycles. The largest absolute Gasteiger partial charge is 0.381 e. The minimum Gasteiger partial charge on any atom is -0.381 e. The van der Waals surface area contributed by atoms with Crippen molar-refractivity contribution in [3.8, 4) is 0 Å². The van der Waals surface area contributed by atoms with Gasteiger partial charge in [-0.1, -0.05) is 6.42 Å². The van der Waals surface area contributed by atoms with E-state index in [1.807, 2.05) is 6.07 Å². The Kier molecular flexibility index (Phi) is 5.30. The van der Waals surface area contributed by atoms with Gasteiger partial charge in [-0.05, 0) is 38.5 Å². The third-order valence-electron chi connectivity index (χ3n) is 8.15. The van der Waals surface area contributed by atoms with E-state index in [0.29, 0.717) is 24.1 Å². The van der Waals surface area contributed by atoms with Crippen LogP contribution < -0.4 is 5.56 Å². The standard InChI is InChI=1S/C24H33N5O3/c30-23(16-3-1-4-16)28-9-2-5-17(14-28)21-13-22-25-20-6-10-27(18-7-11-32-12-8-18)15-19(20)24(31)29(22)26-21/h13,16-18,26H,1-12,14-15H2. The van der Waals surface area contributed by atoms with Gasteiger partial charge >= 0.3 is 0 Å². The van der Waals surface area contributed by atoms with Crippen LogP contribution in [0.5, 0.6) is 0 Å². The van der Waals surface area contributed by atoms with Gasteiger partial charge in [0.05, 0.1) is 11.3 Å². The maximum absolute atomic E-state index is 13.4. The van der Waals surface area contributed by atoms with E-state index >= 15 is 0 Å². The van der Waals surface area contributed by atoms with Crippen LogP contribution in [-0.2, 0) is 22.5 Å². The van der Waals surface area contributed by atoms with Crippen LogP contribution in [0.2, 0.25) is 0 Å². The van der Waals surface area contributed by atoms with Crippen molar-refractivity contribution in [2.45, 2.75) is 69.9 Å². The number of carbonyl (C=O) groups is 1. The molecule has 1 unspecified atom stereocenters. The van der Waals surface area contributed by atoms with E-state index in [2.05, 4.69) is 14.9 Å². The zero-order valence-electron chi connectivity index (χ0n) is 18.7. The maximum Gasteiger partial charge on any atom is 0.277 e. The Morgan fingerprint density at radius 3 is 2.72 bits per heavy atom. The summed E-state index contributed by atoms with van der Waals surface area (Å²) in [5, 5.41) is 3.36. The van der Waals surface area contributed by atoms with Crippen molar-refractivity contribution in [2.75, 3.05) is 32.8 Å². The van der Waals surface area contributed by atoms with E-state index in [9.17, 15) is 9.59 Å². The molecule has 1 saturated carbocycles. The van der Waals surface area contributed by atoms with Gasteiger partial charge in [-0.2, -0.15) is 0 Å². The first kappa shape index (κ1) is 20.4. The summed E-state index contributed by atoms with van der Waals surface area (Å²) in [5.41, 5.74) is 3.56. The van der Waals surface area contributed by atoms with Crippen molar-refractivity contribution < 1.29 is 9.53 Å². The van der Waals surface area contributed by atoms with Crippen LogP contribution in [0.1, 0.15) is 67.8 Å². The summed E-state index contributed by atoms with van der Waals surface area (Å²) in [6.45, 7) is 4.86. The zero-order chi connectivity index (χ0) is 21.7. The van der Waals surface area contributed by atoms with Crippen molar-refractivity contribution in [2.24, 2.45) is 5.92 Å². The van der Waals surface area contributed by atoms with Gasteiger partial charge in [0.1, 0.15) is 0 Å². The summed E-state index contributed by atoms with van der Waals surface area (Å²) in [7, 11) is 0. The smallest absolute Gasteiger partial charge is 0.277 e. The van der Waals surface area contributed by atoms with Gasteiger partial charge in [0.2, 0.25) is 5.91 Å². The third kappa shape index (κ3) is 3.57. The first-order valence-corrected chi connectivity index (χ1v) is 12.4. The Morgan fingerprint density at radius 1 is 1.09 bits per heavy atom. The van der Waals surface area contributed by atoms with Gasteiger partial charge in [0.25, 0.3) is 5.56 Å². The van der Waals surface area contributed by atoms with Gasteiger partial charge in [0, 0.05) is 75.5 Å². The summed E-state index contributed by atoms with van der Waals surface area (Å²) >= 11 is 0. The molecule has 172 valence electrons. The second kappa shape index (κ2) is 8.30. The summed E-state index contributed by atoms with van der Waals surface area (Å²) in [6.07, 6.45) is 8.22. The van der Waals surface area contributed by atoms with Crippen LogP contribution in [0, 0.1) is 5.92 Å². The Bertz CT molecular complexity index is 1070. The average Bonchev–Trinajstić information content (AvgIpc) is 3.23. The lowest BCUT2D eigenvalue weighted by molar-refractivity contribution is -0.139. The second-order valence-electron chi connectivity index (χ2n) is 10.1. The number of piperidine rings is 1. The number of fused-ring (bicyclic) bond motifs is 2. The number of aromatic nitrogens is 3. The van der Waals surface area contributed by atoms with Crippen LogP contribution in [0.4, 0.5) is 0 Å². The SMILES string of the molecule is O=C(C1CCC1)N1CCCC(c2cc3nc4c(c(=O)n3[nH]2)CN(C2CCOCC2)CC4)C1. The molecule has 2 aromatic rings. The molecular weight excluding hydrogens is 406 g/mol. The predicted molar refractivity (Wildman–Crippen MR) is 120 cm³/mol. The molecule has 8 heteroatoms. The van der Waals surface area contributed by atoms with Crippen molar-refractivity contribution in [1.29, 1.82) is 0 Å². The molecule has 6 rings (SSSR count). The highest BCUT2D eigenvalue weighted by molar-refractivity contribution is 5.79. The van der Waals surface area contributed by atoms with E-state index in [1.165, 1.54) is 6.42 Å². The van der Waals surface area contributed by atoms with E-state index in [-0.39, 0.29) is 17.4 Å². The maximum atomic E-state index is 13.4. The molecule has 3 fully saturated rings. The fourth-order valence-corrected chi connectivity index (χ4v) is 5.94. The highest BCUT2D eigenvalue weighted by Crippen LogP contribution is 2.32. The fourth-order valence-electron chi connectivity index (χ4n) is 5.94. The average molecular weight is 440 g/mol. The zero-order valence-corrected chi connectivity index (χ0v) is 18.7. The minimum atomic E-state index is 0.0335. The molecule has 1 atom stereocenters. The van der Waals surface area contributed by atoms with E-state index in [0.717, 1.165) is 94.7 Å². The number of H-pyrrole nitrogens is 1. The van der Waals surface area contributed by atoms with Gasteiger partial charge in [-0.25, -0.2) is 9.50 Å². The van der Waals surface area contributed by atoms with E-state index in [4.69, 9.17) is 9.72 Å². The van der Waals surface area contributed by atoms with E-state index < -0.39 is 0 Å². The summed E-state index contributed by atoms with van der Waals surface area (Å²) < 4.78 is 7.15. The van der Waals surface area contributed by atoms with Crippen molar-refractivity contribution in [3.63, 3.8) is 0 Å². The second-order valence-corrected chi connectivity index (χ2v) is 10.1. The number of ether oxygens (including phenoxy) is 1. The van der Waals surface area contributed by atoms with E-state index in [1.54, 1.807) is 4.52 Å². The molecular formula is C24H33N5O3. The Balaban J connectivity index is 1.24. The Labute approximate surface area is 187 Å². The topological polar surface area (TPSA) is 82.9 Å². The quantitative estimate of drug-likeness (QED) is 0.792. The van der Waals surface area contributed by atoms with Gasteiger partial charge in [0.15, 0.2) is 5.65 Å². The lowest BCUT2D eigenvalue weighted by Gasteiger charge is -2.37. The summed E-state index contributed by atoms with van der Waals surface area (Å²) in [6, 6.07) is 2.53. The number of aromatic amines is 1. The van der Waals surface area contributed by atoms with Crippen LogP contribution in [0.3, 0.4) is 0 Å². The molecule has 1 N–H and O–H groups in total. The molecule has 5 heterocycles. The molecule has 4 aliphatic rings. The Hall–Kier alpha value is -2.19. The molecule has 0 spiro atoms. The number of rotatable bonds is 3. The summed E-state index contributed by atoms with van der Waals surface area (Å²) in [4.78, 5) is 35.5. The molecule has 3 aliphatic heterocycles. The minimum absolute atomic E-state index is 0.0335. The van der Waals surface area contributed by atoms with Crippen molar-refractivity contribution in [3.05, 3.63) is 33.4 Å². The van der Waals surface area contributed by atoms with Crippen LogP contribution in [-0.4, -0.2) is 69.2 Å².